The normalized spacial score (nSPS) is 27.3. The number of fused-ring (bicyclic) bond motifs is 1. The summed E-state index contributed by atoms with van der Waals surface area (Å²) in [5.74, 6) is 0.374. The quantitative estimate of drug-likeness (QED) is 0.890. The van der Waals surface area contributed by atoms with Crippen molar-refractivity contribution in [2.75, 3.05) is 23.9 Å². The van der Waals surface area contributed by atoms with Gasteiger partial charge in [0, 0.05) is 13.1 Å². The summed E-state index contributed by atoms with van der Waals surface area (Å²) in [7, 11) is -3.24. The van der Waals surface area contributed by atoms with Crippen LogP contribution in [0.2, 0.25) is 0 Å². The van der Waals surface area contributed by atoms with Gasteiger partial charge in [-0.3, -0.25) is 4.31 Å². The summed E-state index contributed by atoms with van der Waals surface area (Å²) >= 11 is 0. The average Bonchev–Trinajstić information content (AvgIpc) is 2.92. The van der Waals surface area contributed by atoms with E-state index in [1.807, 2.05) is 24.3 Å². The zero-order chi connectivity index (χ0) is 13.5. The molecule has 2 aliphatic heterocycles. The van der Waals surface area contributed by atoms with Crippen LogP contribution < -0.4 is 9.62 Å². The Morgan fingerprint density at radius 1 is 1.32 bits per heavy atom. The Labute approximate surface area is 114 Å². The number of hydrogen-bond donors (Lipinski definition) is 1. The van der Waals surface area contributed by atoms with E-state index < -0.39 is 10.0 Å². The van der Waals surface area contributed by atoms with Crippen LogP contribution in [0.15, 0.2) is 24.3 Å². The van der Waals surface area contributed by atoms with E-state index in [9.17, 15) is 8.42 Å². The van der Waals surface area contributed by atoms with Gasteiger partial charge < -0.3 is 5.32 Å². The second-order valence-electron chi connectivity index (χ2n) is 5.63. The molecule has 2 heterocycles. The molecule has 2 aliphatic rings. The highest BCUT2D eigenvalue weighted by molar-refractivity contribution is 7.93. The molecule has 1 aromatic rings. The van der Waals surface area contributed by atoms with Gasteiger partial charge in [0.05, 0.1) is 10.9 Å². The summed E-state index contributed by atoms with van der Waals surface area (Å²) in [6.07, 6.45) is 1.68. The van der Waals surface area contributed by atoms with Crippen LogP contribution in [0, 0.1) is 5.92 Å². The molecule has 1 saturated heterocycles. The van der Waals surface area contributed by atoms with E-state index in [2.05, 4.69) is 12.2 Å². The van der Waals surface area contributed by atoms with Crippen molar-refractivity contribution in [3.63, 3.8) is 0 Å². The van der Waals surface area contributed by atoms with Crippen molar-refractivity contribution in [3.05, 3.63) is 29.8 Å². The minimum Gasteiger partial charge on any atom is -0.315 e. The van der Waals surface area contributed by atoms with Crippen LogP contribution in [0.5, 0.6) is 0 Å². The molecule has 0 aromatic heterocycles. The minimum absolute atomic E-state index is 0.272. The fourth-order valence-corrected chi connectivity index (χ4v) is 5.07. The lowest BCUT2D eigenvalue weighted by molar-refractivity contribution is 0.538. The molecule has 0 bridgehead atoms. The van der Waals surface area contributed by atoms with Gasteiger partial charge in [-0.25, -0.2) is 8.42 Å². The van der Waals surface area contributed by atoms with Gasteiger partial charge in [-0.2, -0.15) is 0 Å². The zero-order valence-corrected chi connectivity index (χ0v) is 12.0. The molecule has 5 heteroatoms. The molecule has 104 valence electrons. The predicted octanol–water partition coefficient (Wildman–Crippen LogP) is 1.38. The maximum absolute atomic E-state index is 12.8. The fourth-order valence-electron chi connectivity index (χ4n) is 3.05. The van der Waals surface area contributed by atoms with Crippen molar-refractivity contribution in [2.24, 2.45) is 5.92 Å². The van der Waals surface area contributed by atoms with E-state index in [0.29, 0.717) is 19.0 Å². The van der Waals surface area contributed by atoms with E-state index in [4.69, 9.17) is 0 Å². The maximum Gasteiger partial charge on any atom is 0.239 e. The lowest BCUT2D eigenvalue weighted by atomic mass is 9.96. The summed E-state index contributed by atoms with van der Waals surface area (Å²) in [6, 6.07) is 7.88. The standard InChI is InChI=1S/C14H20N2O2S/c1-11-8-12-4-2-3-5-14(12)16(10-11)19(17,18)13-6-7-15-9-13/h2-5,11,13,15H,6-10H2,1H3. The molecular weight excluding hydrogens is 260 g/mol. The van der Waals surface area contributed by atoms with E-state index in [-0.39, 0.29) is 5.25 Å². The van der Waals surface area contributed by atoms with E-state index >= 15 is 0 Å². The second-order valence-corrected chi connectivity index (χ2v) is 7.77. The van der Waals surface area contributed by atoms with Crippen molar-refractivity contribution < 1.29 is 8.42 Å². The average molecular weight is 280 g/mol. The number of nitrogens with zero attached hydrogens (tertiary/aromatic N) is 1. The van der Waals surface area contributed by atoms with Crippen LogP contribution >= 0.6 is 0 Å². The van der Waals surface area contributed by atoms with Crippen molar-refractivity contribution in [3.8, 4) is 0 Å². The van der Waals surface area contributed by atoms with Crippen molar-refractivity contribution in [1.29, 1.82) is 0 Å². The summed E-state index contributed by atoms with van der Waals surface area (Å²) in [4.78, 5) is 0. The Balaban J connectivity index is 2.00. The van der Waals surface area contributed by atoms with Crippen LogP contribution in [-0.4, -0.2) is 33.3 Å². The molecule has 4 nitrogen and oxygen atoms in total. The number of nitrogens with one attached hydrogen (secondary N) is 1. The molecular formula is C14H20N2O2S. The molecule has 1 N–H and O–H groups in total. The van der Waals surface area contributed by atoms with Gasteiger partial charge >= 0.3 is 0 Å². The Bertz CT molecular complexity index is 565. The van der Waals surface area contributed by atoms with E-state index in [0.717, 1.165) is 30.6 Å². The fraction of sp³-hybridized carbons (Fsp3) is 0.571. The Kier molecular flexibility index (Phi) is 3.27. The molecule has 1 aromatic carbocycles. The molecule has 2 atom stereocenters. The van der Waals surface area contributed by atoms with Gasteiger partial charge in [0.1, 0.15) is 0 Å². The minimum atomic E-state index is -3.24. The lowest BCUT2D eigenvalue weighted by Gasteiger charge is -2.35. The lowest BCUT2D eigenvalue weighted by Crippen LogP contribution is -2.44. The summed E-state index contributed by atoms with van der Waals surface area (Å²) in [5.41, 5.74) is 2.03. The molecule has 0 amide bonds. The largest absolute Gasteiger partial charge is 0.315 e. The number of rotatable bonds is 2. The molecule has 0 aliphatic carbocycles. The van der Waals surface area contributed by atoms with Crippen LogP contribution in [0.3, 0.4) is 0 Å². The SMILES string of the molecule is CC1Cc2ccccc2N(S(=O)(=O)C2CCNC2)C1. The number of benzene rings is 1. The predicted molar refractivity (Wildman–Crippen MR) is 76.9 cm³/mol. The monoisotopic (exact) mass is 280 g/mol. The Morgan fingerprint density at radius 3 is 2.84 bits per heavy atom. The third kappa shape index (κ3) is 2.25. The van der Waals surface area contributed by atoms with Crippen molar-refractivity contribution >= 4 is 15.7 Å². The molecule has 1 fully saturated rings. The van der Waals surface area contributed by atoms with Crippen LogP contribution in [0.25, 0.3) is 0 Å². The maximum atomic E-state index is 12.8. The summed E-state index contributed by atoms with van der Waals surface area (Å²) in [6.45, 7) is 4.10. The van der Waals surface area contributed by atoms with Crippen molar-refractivity contribution in [2.45, 2.75) is 25.0 Å². The summed E-state index contributed by atoms with van der Waals surface area (Å²) in [5, 5.41) is 2.87. The first-order valence-corrected chi connectivity index (χ1v) is 8.39. The first-order valence-electron chi connectivity index (χ1n) is 6.89. The number of sulfonamides is 1. The first-order chi connectivity index (χ1) is 9.09. The molecule has 0 radical (unpaired) electrons. The Hall–Kier alpha value is -1.07. The van der Waals surface area contributed by atoms with E-state index in [1.165, 1.54) is 0 Å². The highest BCUT2D eigenvalue weighted by Crippen LogP contribution is 2.33. The third-order valence-electron chi connectivity index (χ3n) is 4.05. The van der Waals surface area contributed by atoms with E-state index in [1.54, 1.807) is 4.31 Å². The highest BCUT2D eigenvalue weighted by atomic mass is 32.2. The molecule has 3 rings (SSSR count). The van der Waals surface area contributed by atoms with Crippen LogP contribution in [0.4, 0.5) is 5.69 Å². The highest BCUT2D eigenvalue weighted by Gasteiger charge is 2.37. The van der Waals surface area contributed by atoms with Gasteiger partial charge in [0.15, 0.2) is 0 Å². The number of anilines is 1. The van der Waals surface area contributed by atoms with Gasteiger partial charge in [-0.15, -0.1) is 0 Å². The second kappa shape index (κ2) is 4.80. The summed E-state index contributed by atoms with van der Waals surface area (Å²) < 4.78 is 27.2. The molecule has 0 saturated carbocycles. The molecule has 0 spiro atoms. The Morgan fingerprint density at radius 2 is 2.11 bits per heavy atom. The number of para-hydroxylation sites is 1. The van der Waals surface area contributed by atoms with Gasteiger partial charge in [-0.05, 0) is 36.9 Å². The topological polar surface area (TPSA) is 49.4 Å². The third-order valence-corrected chi connectivity index (χ3v) is 6.25. The van der Waals surface area contributed by atoms with Gasteiger partial charge in [0.25, 0.3) is 0 Å². The van der Waals surface area contributed by atoms with Gasteiger partial charge in [0.2, 0.25) is 10.0 Å². The number of hydrogen-bond acceptors (Lipinski definition) is 3. The zero-order valence-electron chi connectivity index (χ0n) is 11.2. The van der Waals surface area contributed by atoms with Crippen LogP contribution in [0.1, 0.15) is 18.9 Å². The molecule has 19 heavy (non-hydrogen) atoms. The first kappa shape index (κ1) is 12.9. The van der Waals surface area contributed by atoms with Crippen LogP contribution in [-0.2, 0) is 16.4 Å². The smallest absolute Gasteiger partial charge is 0.239 e. The van der Waals surface area contributed by atoms with Gasteiger partial charge in [-0.1, -0.05) is 25.1 Å². The van der Waals surface area contributed by atoms with Crippen molar-refractivity contribution in [1.82, 2.24) is 5.32 Å². The molecule has 2 unspecified atom stereocenters.